The second-order valence-corrected chi connectivity index (χ2v) is 4.02. The SMILES string of the molecule is NC1Cc2cc(Cl)c(Cl)cc2C1. The van der Waals surface area contributed by atoms with Crippen LogP contribution in [0.1, 0.15) is 11.1 Å². The minimum absolute atomic E-state index is 0.245. The van der Waals surface area contributed by atoms with Crippen molar-refractivity contribution >= 4 is 23.2 Å². The molecule has 0 saturated heterocycles. The van der Waals surface area contributed by atoms with Crippen LogP contribution >= 0.6 is 23.2 Å². The minimum Gasteiger partial charge on any atom is -0.327 e. The number of rotatable bonds is 0. The van der Waals surface area contributed by atoms with Crippen molar-refractivity contribution in [3.63, 3.8) is 0 Å². The summed E-state index contributed by atoms with van der Waals surface area (Å²) in [5.74, 6) is 0. The smallest absolute Gasteiger partial charge is 0.0595 e. The molecule has 0 heterocycles. The number of nitrogens with two attached hydrogens (primary N) is 1. The highest BCUT2D eigenvalue weighted by molar-refractivity contribution is 6.42. The molecule has 0 aliphatic heterocycles. The summed E-state index contributed by atoms with van der Waals surface area (Å²) in [4.78, 5) is 0. The van der Waals surface area contributed by atoms with E-state index in [2.05, 4.69) is 0 Å². The lowest BCUT2D eigenvalue weighted by Crippen LogP contribution is -2.18. The number of halogens is 2. The summed E-state index contributed by atoms with van der Waals surface area (Å²) in [5, 5.41) is 1.26. The van der Waals surface area contributed by atoms with Gasteiger partial charge < -0.3 is 5.73 Å². The molecule has 1 nitrogen and oxygen atoms in total. The molecule has 2 rings (SSSR count). The van der Waals surface area contributed by atoms with Gasteiger partial charge in [0.2, 0.25) is 0 Å². The van der Waals surface area contributed by atoms with Gasteiger partial charge in [0.05, 0.1) is 10.0 Å². The van der Waals surface area contributed by atoms with Gasteiger partial charge in [-0.15, -0.1) is 0 Å². The van der Waals surface area contributed by atoms with Gasteiger partial charge in [-0.05, 0) is 36.1 Å². The maximum absolute atomic E-state index is 5.87. The predicted molar refractivity (Wildman–Crippen MR) is 51.8 cm³/mol. The molecule has 64 valence electrons. The molecule has 1 aliphatic carbocycles. The molecule has 0 radical (unpaired) electrons. The Morgan fingerprint density at radius 3 is 1.92 bits per heavy atom. The number of hydrogen-bond acceptors (Lipinski definition) is 1. The van der Waals surface area contributed by atoms with Crippen LogP contribution in [0.3, 0.4) is 0 Å². The van der Waals surface area contributed by atoms with Gasteiger partial charge in [-0.1, -0.05) is 23.2 Å². The standard InChI is InChI=1S/C9H9Cl2N/c10-8-3-5-1-7(12)2-6(5)4-9(8)11/h3-4,7H,1-2,12H2. The number of fused-ring (bicyclic) bond motifs is 1. The zero-order valence-corrected chi connectivity index (χ0v) is 7.99. The average Bonchev–Trinajstić information content (AvgIpc) is 2.30. The normalized spacial score (nSPS) is 16.6. The van der Waals surface area contributed by atoms with Crippen molar-refractivity contribution in [2.45, 2.75) is 18.9 Å². The Labute approximate surface area is 81.5 Å². The van der Waals surface area contributed by atoms with E-state index in [0.717, 1.165) is 12.8 Å². The summed E-state index contributed by atoms with van der Waals surface area (Å²) in [7, 11) is 0. The first-order valence-corrected chi connectivity index (χ1v) is 4.65. The lowest BCUT2D eigenvalue weighted by atomic mass is 10.1. The lowest BCUT2D eigenvalue weighted by molar-refractivity contribution is 0.721. The summed E-state index contributed by atoms with van der Waals surface area (Å²) in [5.41, 5.74) is 8.29. The van der Waals surface area contributed by atoms with Gasteiger partial charge in [-0.3, -0.25) is 0 Å². The molecule has 0 unspecified atom stereocenters. The van der Waals surface area contributed by atoms with E-state index in [9.17, 15) is 0 Å². The van der Waals surface area contributed by atoms with E-state index in [1.54, 1.807) is 0 Å². The Bertz CT molecular complexity index is 292. The number of hydrogen-bond donors (Lipinski definition) is 1. The first-order chi connectivity index (χ1) is 5.66. The average molecular weight is 202 g/mol. The predicted octanol–water partition coefficient (Wildman–Crippen LogP) is 2.42. The lowest BCUT2D eigenvalue weighted by Gasteiger charge is -2.00. The Morgan fingerprint density at radius 1 is 1.08 bits per heavy atom. The van der Waals surface area contributed by atoms with Gasteiger partial charge in [0, 0.05) is 6.04 Å². The molecular weight excluding hydrogens is 193 g/mol. The molecular formula is C9H9Cl2N. The maximum atomic E-state index is 5.87. The monoisotopic (exact) mass is 201 g/mol. The second kappa shape index (κ2) is 2.91. The Balaban J connectivity index is 2.48. The van der Waals surface area contributed by atoms with E-state index in [-0.39, 0.29) is 6.04 Å². The summed E-state index contributed by atoms with van der Waals surface area (Å²) in [6.07, 6.45) is 1.85. The zero-order chi connectivity index (χ0) is 8.72. The van der Waals surface area contributed by atoms with Crippen LogP contribution in [0.5, 0.6) is 0 Å². The maximum Gasteiger partial charge on any atom is 0.0595 e. The highest BCUT2D eigenvalue weighted by atomic mass is 35.5. The van der Waals surface area contributed by atoms with Crippen molar-refractivity contribution in [2.75, 3.05) is 0 Å². The molecule has 1 aromatic carbocycles. The van der Waals surface area contributed by atoms with Crippen LogP contribution < -0.4 is 5.73 Å². The van der Waals surface area contributed by atoms with Crippen LogP contribution in [0.4, 0.5) is 0 Å². The van der Waals surface area contributed by atoms with Crippen LogP contribution in [-0.4, -0.2) is 6.04 Å². The highest BCUT2D eigenvalue weighted by Crippen LogP contribution is 2.30. The fourth-order valence-electron chi connectivity index (χ4n) is 1.65. The molecule has 2 N–H and O–H groups in total. The first kappa shape index (κ1) is 8.36. The molecule has 0 atom stereocenters. The summed E-state index contributed by atoms with van der Waals surface area (Å²) in [6, 6.07) is 4.09. The largest absolute Gasteiger partial charge is 0.327 e. The molecule has 0 amide bonds. The van der Waals surface area contributed by atoms with Gasteiger partial charge in [0.1, 0.15) is 0 Å². The Hall–Kier alpha value is -0.240. The van der Waals surface area contributed by atoms with E-state index in [0.29, 0.717) is 10.0 Å². The van der Waals surface area contributed by atoms with Crippen LogP contribution in [0.25, 0.3) is 0 Å². The fourth-order valence-corrected chi connectivity index (χ4v) is 2.02. The van der Waals surface area contributed by atoms with Gasteiger partial charge in [0.25, 0.3) is 0 Å². The summed E-state index contributed by atoms with van der Waals surface area (Å²) in [6.45, 7) is 0. The molecule has 0 fully saturated rings. The van der Waals surface area contributed by atoms with Crippen molar-refractivity contribution < 1.29 is 0 Å². The van der Waals surface area contributed by atoms with Crippen LogP contribution in [0.2, 0.25) is 10.0 Å². The Kier molecular flexibility index (Phi) is 2.03. The van der Waals surface area contributed by atoms with Crippen molar-refractivity contribution in [2.24, 2.45) is 5.73 Å². The second-order valence-electron chi connectivity index (χ2n) is 3.20. The third-order valence-electron chi connectivity index (χ3n) is 2.21. The van der Waals surface area contributed by atoms with Gasteiger partial charge in [-0.25, -0.2) is 0 Å². The van der Waals surface area contributed by atoms with Gasteiger partial charge in [-0.2, -0.15) is 0 Å². The third kappa shape index (κ3) is 1.33. The molecule has 12 heavy (non-hydrogen) atoms. The van der Waals surface area contributed by atoms with Crippen LogP contribution in [-0.2, 0) is 12.8 Å². The van der Waals surface area contributed by atoms with Crippen LogP contribution in [0.15, 0.2) is 12.1 Å². The summed E-state index contributed by atoms with van der Waals surface area (Å²) >= 11 is 11.7. The van der Waals surface area contributed by atoms with Crippen molar-refractivity contribution in [3.05, 3.63) is 33.3 Å². The molecule has 1 aliphatic rings. The minimum atomic E-state index is 0.245. The molecule has 0 bridgehead atoms. The highest BCUT2D eigenvalue weighted by Gasteiger charge is 2.19. The van der Waals surface area contributed by atoms with Crippen LogP contribution in [0, 0.1) is 0 Å². The Morgan fingerprint density at radius 2 is 1.50 bits per heavy atom. The zero-order valence-electron chi connectivity index (χ0n) is 6.48. The van der Waals surface area contributed by atoms with Gasteiger partial charge >= 0.3 is 0 Å². The molecule has 0 aromatic heterocycles. The van der Waals surface area contributed by atoms with E-state index in [4.69, 9.17) is 28.9 Å². The van der Waals surface area contributed by atoms with Crippen molar-refractivity contribution in [3.8, 4) is 0 Å². The van der Waals surface area contributed by atoms with Gasteiger partial charge in [0.15, 0.2) is 0 Å². The molecule has 3 heteroatoms. The van der Waals surface area contributed by atoms with Crippen molar-refractivity contribution in [1.82, 2.24) is 0 Å². The van der Waals surface area contributed by atoms with E-state index in [1.807, 2.05) is 12.1 Å². The topological polar surface area (TPSA) is 26.0 Å². The molecule has 0 saturated carbocycles. The van der Waals surface area contributed by atoms with E-state index < -0.39 is 0 Å². The van der Waals surface area contributed by atoms with E-state index >= 15 is 0 Å². The molecule has 1 aromatic rings. The third-order valence-corrected chi connectivity index (χ3v) is 2.93. The first-order valence-electron chi connectivity index (χ1n) is 3.89. The molecule has 0 spiro atoms. The quantitative estimate of drug-likeness (QED) is 0.686. The van der Waals surface area contributed by atoms with Crippen molar-refractivity contribution in [1.29, 1.82) is 0 Å². The summed E-state index contributed by atoms with van der Waals surface area (Å²) < 4.78 is 0. The number of benzene rings is 1. The van der Waals surface area contributed by atoms with E-state index in [1.165, 1.54) is 11.1 Å². The fraction of sp³-hybridized carbons (Fsp3) is 0.333.